The maximum Gasteiger partial charge on any atom is 0.254 e. The summed E-state index contributed by atoms with van der Waals surface area (Å²) < 4.78 is 11.8. The van der Waals surface area contributed by atoms with Gasteiger partial charge in [0.2, 0.25) is 0 Å². The maximum atomic E-state index is 13.5. The van der Waals surface area contributed by atoms with Gasteiger partial charge in [-0.15, -0.1) is 0 Å². The molecular formula is C25H21N3O3. The highest BCUT2D eigenvalue weighted by Crippen LogP contribution is 2.31. The average molecular weight is 411 g/mol. The predicted octanol–water partition coefficient (Wildman–Crippen LogP) is 4.21. The number of ether oxygens (including phenoxy) is 2. The number of carbonyl (C=O) groups excluding carboxylic acids is 1. The highest BCUT2D eigenvalue weighted by atomic mass is 16.6. The van der Waals surface area contributed by atoms with Crippen LogP contribution >= 0.6 is 0 Å². The summed E-state index contributed by atoms with van der Waals surface area (Å²) in [4.78, 5) is 23.9. The minimum absolute atomic E-state index is 0.0867. The van der Waals surface area contributed by atoms with Gasteiger partial charge in [-0.05, 0) is 36.4 Å². The molecule has 154 valence electrons. The normalized spacial score (nSPS) is 14.9. The standard InChI is InChI=1S/C25H21N3O3/c1-28(15-18-16-30-23-8-4-5-9-24(23)31-18)25(29)20-14-22(17-10-12-26-13-11-17)27-21-7-3-2-6-19(20)21/h2-14,18H,15-16H2,1H3. The molecule has 2 aromatic heterocycles. The van der Waals surface area contributed by atoms with Crippen LogP contribution in [-0.2, 0) is 0 Å². The molecule has 6 heteroatoms. The van der Waals surface area contributed by atoms with Crippen molar-refractivity contribution in [2.45, 2.75) is 6.10 Å². The first-order valence-electron chi connectivity index (χ1n) is 10.1. The lowest BCUT2D eigenvalue weighted by atomic mass is 10.0. The number of carbonyl (C=O) groups is 1. The molecule has 1 unspecified atom stereocenters. The van der Waals surface area contributed by atoms with Crippen molar-refractivity contribution in [2.75, 3.05) is 20.2 Å². The molecule has 0 radical (unpaired) electrons. The van der Waals surface area contributed by atoms with Gasteiger partial charge in [0, 0.05) is 30.4 Å². The zero-order valence-electron chi connectivity index (χ0n) is 17.1. The second-order valence-corrected chi connectivity index (χ2v) is 7.49. The van der Waals surface area contributed by atoms with Crippen LogP contribution in [0.25, 0.3) is 22.2 Å². The highest BCUT2D eigenvalue weighted by Gasteiger charge is 2.25. The first-order chi connectivity index (χ1) is 15.2. The van der Waals surface area contributed by atoms with Crippen LogP contribution in [0.3, 0.4) is 0 Å². The number of hydrogen-bond acceptors (Lipinski definition) is 5. The summed E-state index contributed by atoms with van der Waals surface area (Å²) in [6.07, 6.45) is 3.20. The summed E-state index contributed by atoms with van der Waals surface area (Å²) in [6, 6.07) is 20.9. The monoisotopic (exact) mass is 411 g/mol. The van der Waals surface area contributed by atoms with Crippen molar-refractivity contribution in [3.05, 3.63) is 84.7 Å². The zero-order chi connectivity index (χ0) is 21.2. The fraction of sp³-hybridized carbons (Fsp3) is 0.160. The molecule has 0 bridgehead atoms. The van der Waals surface area contributed by atoms with Crippen molar-refractivity contribution in [1.82, 2.24) is 14.9 Å². The zero-order valence-corrected chi connectivity index (χ0v) is 17.1. The molecular weight excluding hydrogens is 390 g/mol. The topological polar surface area (TPSA) is 64.6 Å². The van der Waals surface area contributed by atoms with Gasteiger partial charge in [-0.2, -0.15) is 0 Å². The third-order valence-electron chi connectivity index (χ3n) is 5.31. The Morgan fingerprint density at radius 2 is 1.77 bits per heavy atom. The first-order valence-corrected chi connectivity index (χ1v) is 10.1. The first kappa shape index (κ1) is 19.1. The summed E-state index contributed by atoms with van der Waals surface area (Å²) in [7, 11) is 1.79. The van der Waals surface area contributed by atoms with E-state index in [-0.39, 0.29) is 12.0 Å². The molecule has 0 spiro atoms. The lowest BCUT2D eigenvalue weighted by Gasteiger charge is -2.29. The molecule has 1 aliphatic rings. The number of pyridine rings is 2. The Balaban J connectivity index is 1.44. The molecule has 5 rings (SSSR count). The summed E-state index contributed by atoms with van der Waals surface area (Å²) >= 11 is 0. The third kappa shape index (κ3) is 3.80. The van der Waals surface area contributed by atoms with E-state index in [1.165, 1.54) is 0 Å². The summed E-state index contributed by atoms with van der Waals surface area (Å²) in [5.74, 6) is 1.35. The van der Waals surface area contributed by atoms with Crippen LogP contribution in [0.4, 0.5) is 0 Å². The van der Waals surface area contributed by atoms with E-state index in [2.05, 4.69) is 4.98 Å². The average Bonchev–Trinajstić information content (AvgIpc) is 2.83. The Morgan fingerprint density at radius 3 is 2.61 bits per heavy atom. The van der Waals surface area contributed by atoms with Crippen LogP contribution in [0.5, 0.6) is 11.5 Å². The van der Waals surface area contributed by atoms with Gasteiger partial charge < -0.3 is 14.4 Å². The molecule has 0 saturated carbocycles. The molecule has 4 aromatic rings. The molecule has 3 heterocycles. The molecule has 0 fully saturated rings. The van der Waals surface area contributed by atoms with E-state index in [1.807, 2.05) is 66.7 Å². The number of nitrogens with zero attached hydrogens (tertiary/aromatic N) is 3. The number of para-hydroxylation sites is 3. The maximum absolute atomic E-state index is 13.5. The number of likely N-dealkylation sites (N-methyl/N-ethyl adjacent to an activating group) is 1. The van der Waals surface area contributed by atoms with Gasteiger partial charge in [0.15, 0.2) is 17.6 Å². The quantitative estimate of drug-likeness (QED) is 0.503. The van der Waals surface area contributed by atoms with E-state index in [0.717, 1.165) is 27.9 Å². The smallest absolute Gasteiger partial charge is 0.254 e. The van der Waals surface area contributed by atoms with Crippen molar-refractivity contribution in [2.24, 2.45) is 0 Å². The second-order valence-electron chi connectivity index (χ2n) is 7.49. The minimum Gasteiger partial charge on any atom is -0.486 e. The SMILES string of the molecule is CN(CC1COc2ccccc2O1)C(=O)c1cc(-c2ccncc2)nc2ccccc12. The number of amides is 1. The molecule has 1 aliphatic heterocycles. The van der Waals surface area contributed by atoms with E-state index in [4.69, 9.17) is 14.5 Å². The number of aromatic nitrogens is 2. The van der Waals surface area contributed by atoms with Crippen LogP contribution in [0.2, 0.25) is 0 Å². The van der Waals surface area contributed by atoms with Gasteiger partial charge >= 0.3 is 0 Å². The highest BCUT2D eigenvalue weighted by molar-refractivity contribution is 6.07. The van der Waals surface area contributed by atoms with Gasteiger partial charge in [-0.25, -0.2) is 4.98 Å². The van der Waals surface area contributed by atoms with Crippen LogP contribution in [0.15, 0.2) is 79.1 Å². The molecule has 1 atom stereocenters. The minimum atomic E-state index is -0.239. The summed E-state index contributed by atoms with van der Waals surface area (Å²) in [5, 5.41) is 0.823. The predicted molar refractivity (Wildman–Crippen MR) is 118 cm³/mol. The van der Waals surface area contributed by atoms with Crippen molar-refractivity contribution < 1.29 is 14.3 Å². The molecule has 0 saturated heterocycles. The Labute approximate surface area is 180 Å². The number of fused-ring (bicyclic) bond motifs is 2. The Bertz CT molecular complexity index is 1240. The summed E-state index contributed by atoms with van der Waals surface area (Å²) in [6.45, 7) is 0.808. The number of hydrogen-bond donors (Lipinski definition) is 0. The Kier molecular flexibility index (Phi) is 4.96. The third-order valence-corrected chi connectivity index (χ3v) is 5.31. The number of benzene rings is 2. The fourth-order valence-corrected chi connectivity index (χ4v) is 3.77. The van der Waals surface area contributed by atoms with Crippen molar-refractivity contribution in [3.8, 4) is 22.8 Å². The molecule has 0 N–H and O–H groups in total. The van der Waals surface area contributed by atoms with E-state index in [9.17, 15) is 4.79 Å². The summed E-state index contributed by atoms with van der Waals surface area (Å²) in [5.41, 5.74) is 3.04. The van der Waals surface area contributed by atoms with Gasteiger partial charge in [0.1, 0.15) is 6.61 Å². The molecule has 0 aliphatic carbocycles. The fourth-order valence-electron chi connectivity index (χ4n) is 3.77. The van der Waals surface area contributed by atoms with Crippen LogP contribution < -0.4 is 9.47 Å². The van der Waals surface area contributed by atoms with E-state index >= 15 is 0 Å². The molecule has 2 aromatic carbocycles. The van der Waals surface area contributed by atoms with Crippen molar-refractivity contribution in [1.29, 1.82) is 0 Å². The molecule has 6 nitrogen and oxygen atoms in total. The van der Waals surface area contributed by atoms with Crippen molar-refractivity contribution >= 4 is 16.8 Å². The van der Waals surface area contributed by atoms with Gasteiger partial charge in [-0.3, -0.25) is 9.78 Å². The van der Waals surface area contributed by atoms with Gasteiger partial charge in [-0.1, -0.05) is 30.3 Å². The van der Waals surface area contributed by atoms with Crippen LogP contribution in [0.1, 0.15) is 10.4 Å². The van der Waals surface area contributed by atoms with Gasteiger partial charge in [0.25, 0.3) is 5.91 Å². The number of rotatable bonds is 4. The molecule has 1 amide bonds. The van der Waals surface area contributed by atoms with Crippen molar-refractivity contribution in [3.63, 3.8) is 0 Å². The van der Waals surface area contributed by atoms with Crippen LogP contribution in [0, 0.1) is 0 Å². The Morgan fingerprint density at radius 1 is 1.03 bits per heavy atom. The van der Waals surface area contributed by atoms with Crippen LogP contribution in [-0.4, -0.2) is 47.1 Å². The van der Waals surface area contributed by atoms with E-state index < -0.39 is 0 Å². The van der Waals surface area contributed by atoms with Gasteiger partial charge in [0.05, 0.1) is 23.3 Å². The lowest BCUT2D eigenvalue weighted by Crippen LogP contribution is -2.41. The van der Waals surface area contributed by atoms with E-state index in [0.29, 0.717) is 24.5 Å². The van der Waals surface area contributed by atoms with E-state index in [1.54, 1.807) is 24.3 Å². The lowest BCUT2D eigenvalue weighted by molar-refractivity contribution is 0.0522. The second kappa shape index (κ2) is 8.07. The Hall–Kier alpha value is -3.93. The largest absolute Gasteiger partial charge is 0.486 e. The molecule has 31 heavy (non-hydrogen) atoms.